The highest BCUT2D eigenvalue weighted by Gasteiger charge is 2.29. The van der Waals surface area contributed by atoms with Crippen LogP contribution in [0, 0.1) is 0 Å². The van der Waals surface area contributed by atoms with E-state index in [0.717, 1.165) is 5.56 Å². The van der Waals surface area contributed by atoms with Crippen LogP contribution in [0.25, 0.3) is 0 Å². The van der Waals surface area contributed by atoms with Crippen LogP contribution in [0.2, 0.25) is 0 Å². The summed E-state index contributed by atoms with van der Waals surface area (Å²) in [5, 5.41) is 33.3. The van der Waals surface area contributed by atoms with Crippen molar-refractivity contribution < 1.29 is 29.7 Å². The summed E-state index contributed by atoms with van der Waals surface area (Å²) in [4.78, 5) is 34.6. The van der Waals surface area contributed by atoms with Gasteiger partial charge in [0.25, 0.3) is 11.8 Å². The maximum absolute atomic E-state index is 11.9. The second-order valence-corrected chi connectivity index (χ2v) is 5.81. The molecule has 27 heavy (non-hydrogen) atoms. The highest BCUT2D eigenvalue weighted by molar-refractivity contribution is 5.90. The molecule has 0 aromatic heterocycles. The third kappa shape index (κ3) is 5.91. The Bertz CT molecular complexity index is 792. The number of carbonyl (C=O) groups excluding carboxylic acids is 2. The zero-order valence-corrected chi connectivity index (χ0v) is 14.3. The van der Waals surface area contributed by atoms with E-state index in [1.165, 1.54) is 24.3 Å². The van der Waals surface area contributed by atoms with Gasteiger partial charge in [-0.05, 0) is 23.3 Å². The number of rotatable bonds is 8. The number of aliphatic hydroxyl groups is 2. The summed E-state index contributed by atoms with van der Waals surface area (Å²) >= 11 is 0. The van der Waals surface area contributed by atoms with Crippen LogP contribution in [0.4, 0.5) is 0 Å². The third-order valence-electron chi connectivity index (χ3n) is 3.81. The van der Waals surface area contributed by atoms with Crippen LogP contribution in [0.1, 0.15) is 21.5 Å². The number of carboxylic acid groups (broad SMARTS) is 1. The maximum Gasteiger partial charge on any atom is 0.335 e. The van der Waals surface area contributed by atoms with Crippen molar-refractivity contribution in [1.29, 1.82) is 0 Å². The topological polar surface area (TPSA) is 136 Å². The molecule has 2 aromatic carbocycles. The van der Waals surface area contributed by atoms with Crippen molar-refractivity contribution in [2.45, 2.75) is 25.3 Å². The van der Waals surface area contributed by atoms with E-state index in [1.807, 2.05) is 6.07 Å². The Morgan fingerprint density at radius 2 is 1.19 bits per heavy atom. The van der Waals surface area contributed by atoms with Crippen LogP contribution in [0.5, 0.6) is 0 Å². The normalized spacial score (nSPS) is 12.7. The number of benzene rings is 2. The number of aromatic carboxylic acids is 1. The number of nitrogens with one attached hydrogen (secondary N) is 2. The lowest BCUT2D eigenvalue weighted by Gasteiger charge is -2.17. The lowest BCUT2D eigenvalue weighted by molar-refractivity contribution is -0.146. The third-order valence-corrected chi connectivity index (χ3v) is 3.81. The maximum atomic E-state index is 11.9. The molecule has 0 aliphatic heterocycles. The number of aliphatic hydroxyl groups excluding tert-OH is 2. The predicted molar refractivity (Wildman–Crippen MR) is 95.6 cm³/mol. The Labute approximate surface area is 155 Å². The van der Waals surface area contributed by atoms with Crippen molar-refractivity contribution in [2.24, 2.45) is 0 Å². The molecule has 0 aliphatic rings. The molecule has 2 rings (SSSR count). The minimum Gasteiger partial charge on any atom is -0.478 e. The highest BCUT2D eigenvalue weighted by atomic mass is 16.4. The van der Waals surface area contributed by atoms with Gasteiger partial charge in [-0.2, -0.15) is 0 Å². The van der Waals surface area contributed by atoms with Gasteiger partial charge in [-0.15, -0.1) is 0 Å². The van der Waals surface area contributed by atoms with Crippen LogP contribution < -0.4 is 10.6 Å². The van der Waals surface area contributed by atoms with Gasteiger partial charge in [0.15, 0.2) is 12.2 Å². The Morgan fingerprint density at radius 3 is 1.63 bits per heavy atom. The number of carboxylic acids is 1. The molecule has 8 heteroatoms. The molecule has 0 saturated carbocycles. The standard InChI is InChI=1S/C19H20N2O6/c22-15(17(24)20-10-12-4-2-1-3-5-12)16(23)18(25)21-11-13-6-8-14(9-7-13)19(26)27/h1-9,15-16,22-23H,10-11H2,(H,20,24)(H,21,25)(H,26,27)/t15-,16-/m1/s1. The van der Waals surface area contributed by atoms with Crippen molar-refractivity contribution >= 4 is 17.8 Å². The molecule has 2 amide bonds. The molecule has 0 fully saturated rings. The summed E-state index contributed by atoms with van der Waals surface area (Å²) in [6.45, 7) is 0.162. The molecule has 0 aliphatic carbocycles. The predicted octanol–water partition coefficient (Wildman–Crippen LogP) is 0.0392. The minimum absolute atomic E-state index is 0.00808. The number of hydrogen-bond donors (Lipinski definition) is 5. The van der Waals surface area contributed by atoms with E-state index in [-0.39, 0.29) is 18.7 Å². The van der Waals surface area contributed by atoms with Gasteiger partial charge in [-0.1, -0.05) is 42.5 Å². The quantitative estimate of drug-likeness (QED) is 0.444. The van der Waals surface area contributed by atoms with E-state index in [4.69, 9.17) is 5.11 Å². The second kappa shape index (κ2) is 9.46. The number of hydrogen-bond acceptors (Lipinski definition) is 5. The lowest BCUT2D eigenvalue weighted by atomic mass is 10.1. The summed E-state index contributed by atoms with van der Waals surface area (Å²) in [5.74, 6) is -2.85. The van der Waals surface area contributed by atoms with Crippen LogP contribution in [-0.2, 0) is 22.7 Å². The fourth-order valence-corrected chi connectivity index (χ4v) is 2.24. The molecule has 0 bridgehead atoms. The molecule has 0 unspecified atom stereocenters. The minimum atomic E-state index is -1.93. The van der Waals surface area contributed by atoms with Crippen molar-refractivity contribution in [3.05, 3.63) is 71.3 Å². The molecule has 5 N–H and O–H groups in total. The van der Waals surface area contributed by atoms with E-state index >= 15 is 0 Å². The number of amides is 2. The van der Waals surface area contributed by atoms with E-state index in [0.29, 0.717) is 5.56 Å². The van der Waals surface area contributed by atoms with Crippen molar-refractivity contribution in [2.75, 3.05) is 0 Å². The van der Waals surface area contributed by atoms with Crippen molar-refractivity contribution in [3.8, 4) is 0 Å². The SMILES string of the molecule is O=C(O)c1ccc(CNC(=O)[C@H](O)[C@@H](O)C(=O)NCc2ccccc2)cc1. The van der Waals surface area contributed by atoms with Gasteiger partial charge in [0, 0.05) is 13.1 Å². The first kappa shape index (κ1) is 20.1. The molecule has 2 atom stereocenters. The van der Waals surface area contributed by atoms with Gasteiger partial charge in [0.2, 0.25) is 0 Å². The Kier molecular flexibility index (Phi) is 7.04. The fraction of sp³-hybridized carbons (Fsp3) is 0.211. The highest BCUT2D eigenvalue weighted by Crippen LogP contribution is 2.05. The Hall–Kier alpha value is -3.23. The second-order valence-electron chi connectivity index (χ2n) is 5.81. The molecule has 0 saturated heterocycles. The van der Waals surface area contributed by atoms with Gasteiger partial charge in [-0.25, -0.2) is 4.79 Å². The van der Waals surface area contributed by atoms with Crippen LogP contribution in [0.15, 0.2) is 54.6 Å². The average Bonchev–Trinajstić information content (AvgIpc) is 2.70. The average molecular weight is 372 g/mol. The van der Waals surface area contributed by atoms with Gasteiger partial charge in [0.05, 0.1) is 5.56 Å². The smallest absolute Gasteiger partial charge is 0.335 e. The molecular formula is C19H20N2O6. The van der Waals surface area contributed by atoms with Crippen molar-refractivity contribution in [3.63, 3.8) is 0 Å². The summed E-state index contributed by atoms with van der Waals surface area (Å²) < 4.78 is 0. The summed E-state index contributed by atoms with van der Waals surface area (Å²) in [5.41, 5.74) is 1.51. The first-order valence-electron chi connectivity index (χ1n) is 8.16. The summed E-state index contributed by atoms with van der Waals surface area (Å²) in [7, 11) is 0. The van der Waals surface area contributed by atoms with Gasteiger partial charge >= 0.3 is 5.97 Å². The first-order valence-corrected chi connectivity index (χ1v) is 8.16. The molecule has 2 aromatic rings. The largest absolute Gasteiger partial charge is 0.478 e. The first-order chi connectivity index (χ1) is 12.9. The van der Waals surface area contributed by atoms with E-state index < -0.39 is 30.0 Å². The zero-order chi connectivity index (χ0) is 19.8. The van der Waals surface area contributed by atoms with Crippen LogP contribution in [-0.4, -0.2) is 45.3 Å². The summed E-state index contributed by atoms with van der Waals surface area (Å²) in [6.07, 6.45) is -3.85. The molecular weight excluding hydrogens is 352 g/mol. The van der Waals surface area contributed by atoms with Gasteiger partial charge < -0.3 is 26.0 Å². The molecule has 0 spiro atoms. The molecule has 142 valence electrons. The summed E-state index contributed by atoms with van der Waals surface area (Å²) in [6, 6.07) is 14.8. The molecule has 0 heterocycles. The lowest BCUT2D eigenvalue weighted by Crippen LogP contribution is -2.49. The van der Waals surface area contributed by atoms with Crippen molar-refractivity contribution in [1.82, 2.24) is 10.6 Å². The fourth-order valence-electron chi connectivity index (χ4n) is 2.24. The van der Waals surface area contributed by atoms with Gasteiger partial charge in [0.1, 0.15) is 0 Å². The Balaban J connectivity index is 1.82. The number of carbonyl (C=O) groups is 3. The van der Waals surface area contributed by atoms with E-state index in [9.17, 15) is 24.6 Å². The molecule has 0 radical (unpaired) electrons. The van der Waals surface area contributed by atoms with Crippen LogP contribution >= 0.6 is 0 Å². The zero-order valence-electron chi connectivity index (χ0n) is 14.3. The Morgan fingerprint density at radius 1 is 0.741 bits per heavy atom. The van der Waals surface area contributed by atoms with E-state index in [1.54, 1.807) is 24.3 Å². The van der Waals surface area contributed by atoms with Crippen LogP contribution in [0.3, 0.4) is 0 Å². The molecule has 8 nitrogen and oxygen atoms in total. The monoisotopic (exact) mass is 372 g/mol. The van der Waals surface area contributed by atoms with Gasteiger partial charge in [-0.3, -0.25) is 9.59 Å². The van der Waals surface area contributed by atoms with E-state index in [2.05, 4.69) is 10.6 Å².